The molecule has 0 aromatic carbocycles. The Kier molecular flexibility index (Phi) is 5.35. The van der Waals surface area contributed by atoms with Crippen LogP contribution >= 0.6 is 0 Å². The molecule has 3 fully saturated rings. The molecule has 1 saturated carbocycles. The van der Waals surface area contributed by atoms with E-state index in [0.29, 0.717) is 12.3 Å². The Labute approximate surface area is 162 Å². The number of amides is 1. The van der Waals surface area contributed by atoms with Crippen molar-refractivity contribution in [3.05, 3.63) is 18.1 Å². The minimum absolute atomic E-state index is 0.0701. The first kappa shape index (κ1) is 18.7. The Morgan fingerprint density at radius 2 is 2.07 bits per heavy atom. The third-order valence-corrected chi connectivity index (χ3v) is 6.76. The lowest BCUT2D eigenvalue weighted by Gasteiger charge is -2.50. The first-order chi connectivity index (χ1) is 13.1. The molecule has 1 aromatic heterocycles. The largest absolute Gasteiger partial charge is 0.353 e. The van der Waals surface area contributed by atoms with Gasteiger partial charge in [0.05, 0.1) is 0 Å². The van der Waals surface area contributed by atoms with Gasteiger partial charge in [0, 0.05) is 56.4 Å². The maximum atomic E-state index is 12.7. The molecule has 6 heteroatoms. The second-order valence-electron chi connectivity index (χ2n) is 8.72. The van der Waals surface area contributed by atoms with Crippen LogP contribution in [0.2, 0.25) is 0 Å². The fourth-order valence-corrected chi connectivity index (χ4v) is 4.76. The van der Waals surface area contributed by atoms with Gasteiger partial charge in [-0.2, -0.15) is 0 Å². The molecular formula is C21H33N5O. The molecule has 1 unspecified atom stereocenters. The zero-order valence-corrected chi connectivity index (χ0v) is 16.9. The van der Waals surface area contributed by atoms with E-state index < -0.39 is 0 Å². The molecule has 0 N–H and O–H groups in total. The van der Waals surface area contributed by atoms with Crippen LogP contribution in [0.25, 0.3) is 0 Å². The summed E-state index contributed by atoms with van der Waals surface area (Å²) < 4.78 is 0. The Hall–Kier alpha value is -1.69. The number of anilines is 1. The quantitative estimate of drug-likeness (QED) is 0.795. The van der Waals surface area contributed by atoms with Crippen molar-refractivity contribution in [1.82, 2.24) is 19.8 Å². The molecule has 148 valence electrons. The van der Waals surface area contributed by atoms with E-state index in [1.165, 1.54) is 18.4 Å². The van der Waals surface area contributed by atoms with Crippen LogP contribution in [-0.2, 0) is 11.2 Å². The lowest BCUT2D eigenvalue weighted by Crippen LogP contribution is -2.61. The number of aryl methyl sites for hydroxylation is 1. The maximum Gasteiger partial charge on any atom is 0.222 e. The topological polar surface area (TPSA) is 52.6 Å². The molecule has 3 heterocycles. The maximum absolute atomic E-state index is 12.7. The van der Waals surface area contributed by atoms with E-state index in [4.69, 9.17) is 0 Å². The van der Waals surface area contributed by atoms with Gasteiger partial charge in [0.25, 0.3) is 0 Å². The summed E-state index contributed by atoms with van der Waals surface area (Å²) in [6.45, 7) is 7.06. The number of carbonyl (C=O) groups is 1. The van der Waals surface area contributed by atoms with Crippen LogP contribution in [0.1, 0.15) is 51.0 Å². The lowest BCUT2D eigenvalue weighted by molar-refractivity contribution is -0.130. The predicted octanol–water partition coefficient (Wildman–Crippen LogP) is 2.34. The van der Waals surface area contributed by atoms with Gasteiger partial charge < -0.3 is 9.80 Å². The van der Waals surface area contributed by atoms with Gasteiger partial charge in [0.15, 0.2) is 0 Å². The average molecular weight is 372 g/mol. The van der Waals surface area contributed by atoms with Gasteiger partial charge in [-0.25, -0.2) is 9.97 Å². The van der Waals surface area contributed by atoms with Crippen molar-refractivity contribution in [1.29, 1.82) is 0 Å². The number of hydrogen-bond donors (Lipinski definition) is 0. The molecule has 2 aliphatic heterocycles. The van der Waals surface area contributed by atoms with Crippen molar-refractivity contribution in [3.8, 4) is 0 Å². The van der Waals surface area contributed by atoms with E-state index in [9.17, 15) is 4.79 Å². The third-order valence-electron chi connectivity index (χ3n) is 6.76. The number of carbonyl (C=O) groups excluding carboxylic acids is 1. The number of rotatable bonds is 5. The second kappa shape index (κ2) is 7.74. The number of aromatic nitrogens is 2. The Morgan fingerprint density at radius 3 is 2.85 bits per heavy atom. The summed E-state index contributed by atoms with van der Waals surface area (Å²) in [4.78, 5) is 28.7. The van der Waals surface area contributed by atoms with Crippen LogP contribution in [0.15, 0.2) is 12.5 Å². The van der Waals surface area contributed by atoms with Gasteiger partial charge >= 0.3 is 0 Å². The number of hydrogen-bond acceptors (Lipinski definition) is 5. The van der Waals surface area contributed by atoms with E-state index in [0.717, 1.165) is 70.1 Å². The van der Waals surface area contributed by atoms with Crippen molar-refractivity contribution in [2.24, 2.45) is 5.92 Å². The van der Waals surface area contributed by atoms with Gasteiger partial charge in [0.2, 0.25) is 5.91 Å². The van der Waals surface area contributed by atoms with Gasteiger partial charge in [-0.05, 0) is 45.1 Å². The van der Waals surface area contributed by atoms with Crippen LogP contribution in [0.4, 0.5) is 5.82 Å². The molecule has 6 nitrogen and oxygen atoms in total. The highest BCUT2D eigenvalue weighted by atomic mass is 16.2. The highest BCUT2D eigenvalue weighted by Gasteiger charge is 2.43. The van der Waals surface area contributed by atoms with E-state index in [2.05, 4.69) is 38.6 Å². The molecule has 4 rings (SSSR count). The normalized spacial score (nSPS) is 27.3. The number of piperazine rings is 1. The Morgan fingerprint density at radius 1 is 1.22 bits per heavy atom. The first-order valence-electron chi connectivity index (χ1n) is 10.6. The number of likely N-dealkylation sites (N-methyl/N-ethyl adjacent to an activating group) is 1. The summed E-state index contributed by atoms with van der Waals surface area (Å²) in [5.74, 6) is 2.23. The molecule has 1 amide bonds. The molecule has 3 aliphatic rings. The summed E-state index contributed by atoms with van der Waals surface area (Å²) in [5.41, 5.74) is 1.32. The van der Waals surface area contributed by atoms with Gasteiger partial charge in [-0.3, -0.25) is 9.69 Å². The molecule has 27 heavy (non-hydrogen) atoms. The van der Waals surface area contributed by atoms with E-state index in [1.807, 2.05) is 6.20 Å². The Balaban J connectivity index is 1.52. The fourth-order valence-electron chi connectivity index (χ4n) is 4.76. The monoisotopic (exact) mass is 371 g/mol. The molecule has 1 aromatic rings. The Bertz CT molecular complexity index is 676. The van der Waals surface area contributed by atoms with Crippen LogP contribution in [0.3, 0.4) is 0 Å². The summed E-state index contributed by atoms with van der Waals surface area (Å²) >= 11 is 0. The van der Waals surface area contributed by atoms with Gasteiger partial charge in [-0.15, -0.1) is 0 Å². The molecule has 0 bridgehead atoms. The minimum Gasteiger partial charge on any atom is -0.353 e. The smallest absolute Gasteiger partial charge is 0.222 e. The summed E-state index contributed by atoms with van der Waals surface area (Å²) in [7, 11) is 2.24. The van der Waals surface area contributed by atoms with Crippen molar-refractivity contribution >= 4 is 11.7 Å². The summed E-state index contributed by atoms with van der Waals surface area (Å²) in [6.07, 6.45) is 11.1. The molecule has 1 aliphatic carbocycles. The van der Waals surface area contributed by atoms with Crippen molar-refractivity contribution < 1.29 is 4.79 Å². The number of nitrogens with zero attached hydrogens (tertiary/aromatic N) is 5. The number of likely N-dealkylation sites (tertiary alicyclic amines) is 1. The lowest BCUT2D eigenvalue weighted by atomic mass is 9.86. The van der Waals surface area contributed by atoms with Crippen LogP contribution in [0, 0.1) is 5.92 Å². The van der Waals surface area contributed by atoms with E-state index in [-0.39, 0.29) is 5.54 Å². The average Bonchev–Trinajstić information content (AvgIpc) is 3.51. The third kappa shape index (κ3) is 3.96. The highest BCUT2D eigenvalue weighted by Crippen LogP contribution is 2.36. The minimum atomic E-state index is 0.0701. The van der Waals surface area contributed by atoms with Crippen LogP contribution in [-0.4, -0.2) is 71.0 Å². The summed E-state index contributed by atoms with van der Waals surface area (Å²) in [6, 6.07) is 0. The van der Waals surface area contributed by atoms with Gasteiger partial charge in [-0.1, -0.05) is 13.3 Å². The summed E-state index contributed by atoms with van der Waals surface area (Å²) in [5, 5.41) is 0. The molecule has 0 radical (unpaired) electrons. The zero-order chi connectivity index (χ0) is 18.9. The van der Waals surface area contributed by atoms with Crippen molar-refractivity contribution in [2.45, 2.75) is 57.4 Å². The highest BCUT2D eigenvalue weighted by molar-refractivity contribution is 5.76. The van der Waals surface area contributed by atoms with E-state index >= 15 is 0 Å². The predicted molar refractivity (Wildman–Crippen MR) is 107 cm³/mol. The SMILES string of the molecule is CCCc1cncnc1N1CCN(C)C2(CCC(=O)N(CC3CC3)CC2)C1. The molecular weight excluding hydrogens is 338 g/mol. The molecule has 1 spiro atoms. The second-order valence-corrected chi connectivity index (χ2v) is 8.72. The molecule has 2 saturated heterocycles. The molecule has 1 atom stereocenters. The fraction of sp³-hybridized carbons (Fsp3) is 0.762. The van der Waals surface area contributed by atoms with E-state index in [1.54, 1.807) is 6.33 Å². The van der Waals surface area contributed by atoms with Crippen molar-refractivity contribution in [2.75, 3.05) is 44.7 Å². The zero-order valence-electron chi connectivity index (χ0n) is 16.9. The first-order valence-corrected chi connectivity index (χ1v) is 10.6. The van der Waals surface area contributed by atoms with Crippen molar-refractivity contribution in [3.63, 3.8) is 0 Å². The standard InChI is InChI=1S/C21H33N5O/c1-3-4-18-13-22-16-23-20(18)26-12-11-24(2)21(15-26)8-7-19(27)25(10-9-21)14-17-5-6-17/h13,16-17H,3-12,14-15H2,1-2H3. The van der Waals surface area contributed by atoms with Gasteiger partial charge in [0.1, 0.15) is 12.1 Å². The van der Waals surface area contributed by atoms with Crippen LogP contribution < -0.4 is 4.90 Å². The van der Waals surface area contributed by atoms with Crippen LogP contribution in [0.5, 0.6) is 0 Å².